The molecule has 1 aliphatic rings. The van der Waals surface area contributed by atoms with Crippen LogP contribution < -0.4 is 0 Å². The highest BCUT2D eigenvalue weighted by molar-refractivity contribution is 8.76. The van der Waals surface area contributed by atoms with Gasteiger partial charge in [0.15, 0.2) is 0 Å². The Hall–Kier alpha value is -1.19. The molecule has 0 aromatic rings. The van der Waals surface area contributed by atoms with Crippen LogP contribution in [-0.2, 0) is 9.53 Å². The number of esters is 1. The smallest absolute Gasteiger partial charge is 0.305 e. The maximum Gasteiger partial charge on any atom is 0.305 e. The van der Waals surface area contributed by atoms with E-state index in [9.17, 15) is 25.2 Å². The summed E-state index contributed by atoms with van der Waals surface area (Å²) in [5, 5.41) is 44.2. The number of aliphatic hydroxyl groups is 4. The highest BCUT2D eigenvalue weighted by Crippen LogP contribution is 2.23. The molecule has 0 aromatic heterocycles. The summed E-state index contributed by atoms with van der Waals surface area (Å²) in [7, 11) is 3.98. The van der Waals surface area contributed by atoms with E-state index in [0.29, 0.717) is 39.2 Å². The highest BCUT2D eigenvalue weighted by Gasteiger charge is 2.20. The Morgan fingerprint density at radius 1 is 0.400 bits per heavy atom. The number of hydrogen-bond donors (Lipinski definition) is 4. The van der Waals surface area contributed by atoms with Gasteiger partial charge >= 0.3 is 5.97 Å². The third kappa shape index (κ3) is 57.7. The molecule has 12 heteroatoms. The van der Waals surface area contributed by atoms with Crippen LogP contribution >= 0.6 is 21.6 Å². The number of hydrogen-bond acceptors (Lipinski definition) is 12. The van der Waals surface area contributed by atoms with Gasteiger partial charge in [0.05, 0.1) is 24.4 Å². The summed E-state index contributed by atoms with van der Waals surface area (Å²) in [4.78, 5) is 22.3. The standard InChI is InChI=1S/C73H140N4O6S2/c1-5-9-13-17-21-23-25-27-29-31-33-35-39-43-51-71(80)67-77(68-72(81)52-44-40-36-34-32-30-28-26-24-22-18-14-10-6-2)55-47-48-63-84-85-64-61-75-58-56-74(57-59-75)60-62-83-73(82)53-45-46-54-76(65-69(78)49-41-37-19-15-11-7-3)66-70(79)50-42-38-20-16-12-8-4/h21-24,27-30,69-72,78-81H,5-20,25-26,31-68H2,1-4H3/b23-21-,24-22-,29-27-,30-28-. The van der Waals surface area contributed by atoms with Crippen molar-refractivity contribution in [1.29, 1.82) is 0 Å². The van der Waals surface area contributed by atoms with E-state index in [2.05, 4.69) is 95.9 Å². The van der Waals surface area contributed by atoms with E-state index in [4.69, 9.17) is 4.74 Å². The van der Waals surface area contributed by atoms with E-state index in [1.165, 1.54) is 154 Å². The number of nitrogens with zero attached hydrogens (tertiary/aromatic N) is 4. The molecule has 1 heterocycles. The van der Waals surface area contributed by atoms with Gasteiger partial charge < -0.3 is 25.2 Å². The zero-order valence-corrected chi connectivity index (χ0v) is 57.9. The van der Waals surface area contributed by atoms with Gasteiger partial charge in [0.1, 0.15) is 6.61 Å². The topological polar surface area (TPSA) is 120 Å². The molecule has 0 bridgehead atoms. The minimum Gasteiger partial charge on any atom is -0.464 e. The molecular weight excluding hydrogens is 1090 g/mol. The predicted octanol–water partition coefficient (Wildman–Crippen LogP) is 17.9. The van der Waals surface area contributed by atoms with Crippen molar-refractivity contribution in [3.8, 4) is 0 Å². The number of piperazine rings is 1. The molecule has 85 heavy (non-hydrogen) atoms. The van der Waals surface area contributed by atoms with E-state index in [0.717, 1.165) is 167 Å². The molecule has 4 unspecified atom stereocenters. The maximum absolute atomic E-state index is 12.7. The number of ether oxygens (including phenoxy) is 1. The van der Waals surface area contributed by atoms with Crippen LogP contribution in [0.1, 0.15) is 291 Å². The van der Waals surface area contributed by atoms with Crippen molar-refractivity contribution in [2.24, 2.45) is 0 Å². The van der Waals surface area contributed by atoms with Gasteiger partial charge in [-0.05, 0) is 129 Å². The first-order valence-electron chi connectivity index (χ1n) is 36.3. The summed E-state index contributed by atoms with van der Waals surface area (Å²) in [5.41, 5.74) is 0. The third-order valence-electron chi connectivity index (χ3n) is 16.9. The first-order valence-corrected chi connectivity index (χ1v) is 38.8. The number of carbonyl (C=O) groups is 1. The van der Waals surface area contributed by atoms with Crippen molar-refractivity contribution in [2.45, 2.75) is 315 Å². The molecule has 4 N–H and O–H groups in total. The lowest BCUT2D eigenvalue weighted by atomic mass is 10.1. The lowest BCUT2D eigenvalue weighted by Crippen LogP contribution is -2.47. The molecule has 0 aliphatic carbocycles. The zero-order chi connectivity index (χ0) is 61.6. The molecule has 1 aliphatic heterocycles. The predicted molar refractivity (Wildman–Crippen MR) is 374 cm³/mol. The fraction of sp³-hybridized carbons (Fsp3) is 0.877. The van der Waals surface area contributed by atoms with Crippen molar-refractivity contribution >= 4 is 27.6 Å². The fourth-order valence-electron chi connectivity index (χ4n) is 11.4. The number of carbonyl (C=O) groups excluding carboxylic acids is 1. The Morgan fingerprint density at radius 2 is 0.729 bits per heavy atom. The molecule has 1 saturated heterocycles. The van der Waals surface area contributed by atoms with Gasteiger partial charge in [0.25, 0.3) is 0 Å². The van der Waals surface area contributed by atoms with Gasteiger partial charge in [-0.15, -0.1) is 0 Å². The lowest BCUT2D eigenvalue weighted by molar-refractivity contribution is -0.144. The normalized spacial score (nSPS) is 15.3. The number of unbranched alkanes of at least 4 members (excludes halogenated alkanes) is 26. The molecule has 4 atom stereocenters. The monoisotopic (exact) mass is 1230 g/mol. The van der Waals surface area contributed by atoms with Gasteiger partial charge in [0, 0.05) is 83.4 Å². The number of allylic oxidation sites excluding steroid dienone is 8. The Balaban J connectivity index is 2.37. The van der Waals surface area contributed by atoms with E-state index < -0.39 is 0 Å². The van der Waals surface area contributed by atoms with Crippen LogP contribution in [0.25, 0.3) is 0 Å². The zero-order valence-electron chi connectivity index (χ0n) is 56.2. The van der Waals surface area contributed by atoms with Crippen molar-refractivity contribution in [3.63, 3.8) is 0 Å². The summed E-state index contributed by atoms with van der Waals surface area (Å²) in [6, 6.07) is 0. The molecule has 0 saturated carbocycles. The van der Waals surface area contributed by atoms with Gasteiger partial charge in [-0.25, -0.2) is 0 Å². The molecular formula is C73H140N4O6S2. The summed E-state index contributed by atoms with van der Waals surface area (Å²) in [6.07, 6.45) is 63.3. The van der Waals surface area contributed by atoms with E-state index in [1.807, 2.05) is 21.6 Å². The first kappa shape index (κ1) is 81.8. The van der Waals surface area contributed by atoms with Crippen LogP contribution in [0.3, 0.4) is 0 Å². The largest absolute Gasteiger partial charge is 0.464 e. The fourth-order valence-corrected chi connectivity index (χ4v) is 13.6. The second-order valence-electron chi connectivity index (χ2n) is 25.3. The van der Waals surface area contributed by atoms with Crippen LogP contribution in [0.2, 0.25) is 0 Å². The lowest BCUT2D eigenvalue weighted by Gasteiger charge is -2.34. The molecule has 1 fully saturated rings. The summed E-state index contributed by atoms with van der Waals surface area (Å²) in [6.45, 7) is 19.6. The minimum absolute atomic E-state index is 0.119. The Bertz CT molecular complexity index is 1440. The molecule has 0 amide bonds. The van der Waals surface area contributed by atoms with Crippen LogP contribution in [0.4, 0.5) is 0 Å². The third-order valence-corrected chi connectivity index (χ3v) is 19.4. The molecule has 0 spiro atoms. The molecule has 500 valence electrons. The van der Waals surface area contributed by atoms with E-state index >= 15 is 0 Å². The highest BCUT2D eigenvalue weighted by atomic mass is 33.1. The molecule has 0 aromatic carbocycles. The quantitative estimate of drug-likeness (QED) is 0.0201. The Kier molecular flexibility index (Phi) is 61.9. The van der Waals surface area contributed by atoms with Crippen molar-refractivity contribution in [2.75, 3.05) is 96.6 Å². The minimum atomic E-state index is -0.376. The van der Waals surface area contributed by atoms with Crippen LogP contribution in [0.15, 0.2) is 48.6 Å². The summed E-state index contributed by atoms with van der Waals surface area (Å²) >= 11 is 0. The SMILES string of the molecule is CCCCC/C=C\C/C=C\CCCCCCC(O)CN(CCCCSSCCN1CCN(CCOC(=O)CCCCN(CC(O)CCCCCCCC)CC(O)CCCCCCCC)CC1)CC(O)CCCCCC/C=C\C/C=C\CCCCC. The van der Waals surface area contributed by atoms with Gasteiger partial charge in [-0.1, -0.05) is 239 Å². The van der Waals surface area contributed by atoms with Crippen LogP contribution in [0, 0.1) is 0 Å². The van der Waals surface area contributed by atoms with Crippen LogP contribution in [0.5, 0.6) is 0 Å². The Morgan fingerprint density at radius 3 is 1.14 bits per heavy atom. The molecule has 10 nitrogen and oxygen atoms in total. The summed E-state index contributed by atoms with van der Waals surface area (Å²) < 4.78 is 5.70. The molecule has 1 rings (SSSR count). The van der Waals surface area contributed by atoms with E-state index in [-0.39, 0.29) is 30.4 Å². The second-order valence-corrected chi connectivity index (χ2v) is 28.0. The van der Waals surface area contributed by atoms with E-state index in [1.54, 1.807) is 0 Å². The summed E-state index contributed by atoms with van der Waals surface area (Å²) in [5.74, 6) is 2.12. The average Bonchev–Trinajstić information content (AvgIpc) is 3.52. The van der Waals surface area contributed by atoms with Gasteiger partial charge in [0.2, 0.25) is 0 Å². The van der Waals surface area contributed by atoms with Crippen molar-refractivity contribution in [3.05, 3.63) is 48.6 Å². The second kappa shape index (κ2) is 64.3. The Labute approximate surface area is 534 Å². The van der Waals surface area contributed by atoms with Gasteiger partial charge in [-0.2, -0.15) is 0 Å². The number of rotatable bonds is 65. The van der Waals surface area contributed by atoms with Crippen molar-refractivity contribution in [1.82, 2.24) is 19.6 Å². The number of aliphatic hydroxyl groups excluding tert-OH is 4. The van der Waals surface area contributed by atoms with Crippen LogP contribution in [-0.4, -0.2) is 167 Å². The maximum atomic E-state index is 12.7. The molecule has 0 radical (unpaired) electrons. The van der Waals surface area contributed by atoms with Crippen molar-refractivity contribution < 1.29 is 30.0 Å². The average molecular weight is 1230 g/mol. The first-order chi connectivity index (χ1) is 41.7. The van der Waals surface area contributed by atoms with Gasteiger partial charge in [-0.3, -0.25) is 24.4 Å².